The molecule has 0 aromatic carbocycles. The number of hydrogen-bond donors (Lipinski definition) is 2. The number of halogens is 3. The van der Waals surface area contributed by atoms with E-state index in [2.05, 4.69) is 5.32 Å². The van der Waals surface area contributed by atoms with Gasteiger partial charge in [-0.1, -0.05) is 34.8 Å². The van der Waals surface area contributed by atoms with E-state index in [1.165, 1.54) is 6.92 Å². The second kappa shape index (κ2) is 24.4. The molecule has 3 aliphatic heterocycles. The molecule has 0 radical (unpaired) electrons. The van der Waals surface area contributed by atoms with E-state index in [1.807, 2.05) is 0 Å². The van der Waals surface area contributed by atoms with Crippen LogP contribution in [0.1, 0.15) is 69.2 Å². The average Bonchev–Trinajstić information content (AvgIpc) is 3.15. The molecule has 66 heavy (non-hydrogen) atoms. The Morgan fingerprint density at radius 3 is 1.30 bits per heavy atom. The van der Waals surface area contributed by atoms with E-state index in [4.69, 9.17) is 107 Å². The number of carbonyl (C=O) groups is 9. The lowest BCUT2D eigenvalue weighted by atomic mass is 9.94. The summed E-state index contributed by atoms with van der Waals surface area (Å²) in [4.78, 5) is 112. The van der Waals surface area contributed by atoms with Gasteiger partial charge in [0, 0.05) is 62.3 Å². The van der Waals surface area contributed by atoms with Crippen molar-refractivity contribution in [3.63, 3.8) is 0 Å². The molecule has 372 valence electrons. The van der Waals surface area contributed by atoms with Gasteiger partial charge in [-0.25, -0.2) is 0 Å². The summed E-state index contributed by atoms with van der Waals surface area (Å²) in [5.41, 5.74) is 0. The summed E-state index contributed by atoms with van der Waals surface area (Å²) in [6, 6.07) is -1.69. The third-order valence-electron chi connectivity index (χ3n) is 9.12. The average molecular weight is 1010 g/mol. The van der Waals surface area contributed by atoms with Gasteiger partial charge in [-0.05, 0) is 6.92 Å². The maximum Gasteiger partial charge on any atom is 0.303 e. The van der Waals surface area contributed by atoms with Gasteiger partial charge in [-0.2, -0.15) is 0 Å². The van der Waals surface area contributed by atoms with Gasteiger partial charge >= 0.3 is 47.8 Å². The van der Waals surface area contributed by atoms with Gasteiger partial charge in [0.15, 0.2) is 55.3 Å². The van der Waals surface area contributed by atoms with E-state index >= 15 is 0 Å². The van der Waals surface area contributed by atoms with Gasteiger partial charge in [0.05, 0.1) is 6.10 Å². The van der Waals surface area contributed by atoms with Crippen LogP contribution in [0, 0.1) is 5.41 Å². The molecule has 3 saturated heterocycles. The lowest BCUT2D eigenvalue weighted by Gasteiger charge is -2.51. The fourth-order valence-corrected chi connectivity index (χ4v) is 7.05. The molecule has 0 bridgehead atoms. The van der Waals surface area contributed by atoms with Crippen molar-refractivity contribution in [3.8, 4) is 0 Å². The SMILES string of the molecule is CC(=O)N[C@H]1[C@@H](O[C@H]2[C@@H](OC(C)=O)[C@@H](COC(C)=O)O[C@H](OC(=N)C(Cl)(Cl)Cl)[C@@H]2O[C@@H]2O[C@@H](C)[C@@H](OC(C)=O)[C@@H](OC(C)=O)[C@@H]2OC(C)=O)O[C@H](COC(C)=O)[C@H](OC(C)=O)[C@@H]1OC(C)=O. The van der Waals surface area contributed by atoms with E-state index in [1.54, 1.807) is 0 Å². The van der Waals surface area contributed by atoms with Crippen LogP contribution in [0.2, 0.25) is 0 Å². The van der Waals surface area contributed by atoms with Crippen molar-refractivity contribution in [2.45, 2.75) is 165 Å². The minimum Gasteiger partial charge on any atom is -0.463 e. The van der Waals surface area contributed by atoms with E-state index in [0.29, 0.717) is 0 Å². The van der Waals surface area contributed by atoms with Crippen molar-refractivity contribution >= 4 is 94.4 Å². The van der Waals surface area contributed by atoms with Crippen LogP contribution in [-0.4, -0.2) is 169 Å². The molecule has 0 saturated carbocycles. The van der Waals surface area contributed by atoms with Crippen LogP contribution in [0.25, 0.3) is 0 Å². The quantitative estimate of drug-likeness (QED) is 0.0700. The molecule has 0 spiro atoms. The fourth-order valence-electron chi connectivity index (χ4n) is 6.92. The number of ether oxygens (including phenoxy) is 14. The summed E-state index contributed by atoms with van der Waals surface area (Å²) in [6.07, 6.45) is -24.7. The first-order chi connectivity index (χ1) is 30.6. The number of amides is 1. The highest BCUT2D eigenvalue weighted by atomic mass is 35.6. The predicted molar refractivity (Wildman–Crippen MR) is 215 cm³/mol. The Bertz CT molecular complexity index is 1830. The van der Waals surface area contributed by atoms with Gasteiger partial charge in [-0.3, -0.25) is 48.6 Å². The van der Waals surface area contributed by atoms with E-state index in [0.717, 1.165) is 62.3 Å². The normalized spacial score (nSPS) is 31.9. The van der Waals surface area contributed by atoms with Crippen LogP contribution >= 0.6 is 34.8 Å². The smallest absolute Gasteiger partial charge is 0.303 e. The van der Waals surface area contributed by atoms with Crippen molar-refractivity contribution in [3.05, 3.63) is 0 Å². The standard InChI is InChI=1S/C38H51Cl3N2O23/c1-13-26(56-17(5)47)30(60-21(9)51)32(61-22(10)52)35(55-13)65-33-31(28(58-19(7)49)24(12-54-16(4)46)63-36(33)66-37(42)38(39,40)41)64-34-25(43-14(2)44)29(59-20(8)50)27(57-18(6)48)23(62-34)11-53-15(3)45/h13,23-36,42H,11-12H2,1-10H3,(H,43,44)/t13-,23+,24+,25+,26+,27-,28-,29+,30+,31-,32-,33+,34+,35-,36+/m0/s1. The Balaban J connectivity index is 2.41. The molecule has 25 nitrogen and oxygen atoms in total. The molecule has 1 amide bonds. The minimum atomic E-state index is -2.62. The molecule has 3 fully saturated rings. The van der Waals surface area contributed by atoms with Crippen molar-refractivity contribution in [2.75, 3.05) is 13.2 Å². The molecule has 0 aliphatic carbocycles. The van der Waals surface area contributed by atoms with Gasteiger partial charge < -0.3 is 71.6 Å². The molecule has 3 heterocycles. The topological polar surface area (TPSA) is 319 Å². The van der Waals surface area contributed by atoms with Crippen LogP contribution in [0.5, 0.6) is 0 Å². The molecule has 3 aliphatic rings. The van der Waals surface area contributed by atoms with Gasteiger partial charge in [-0.15, -0.1) is 0 Å². The second-order valence-electron chi connectivity index (χ2n) is 14.7. The number of rotatable bonds is 16. The number of alkyl halides is 3. The third kappa shape index (κ3) is 16.3. The molecule has 0 aromatic rings. The highest BCUT2D eigenvalue weighted by Crippen LogP contribution is 2.39. The zero-order chi connectivity index (χ0) is 50.0. The first-order valence-electron chi connectivity index (χ1n) is 19.8. The molecule has 0 unspecified atom stereocenters. The van der Waals surface area contributed by atoms with Crippen molar-refractivity contribution in [1.29, 1.82) is 5.41 Å². The molecule has 28 heteroatoms. The summed E-state index contributed by atoms with van der Waals surface area (Å²) < 4.78 is 78.1. The highest BCUT2D eigenvalue weighted by Gasteiger charge is 2.60. The first-order valence-corrected chi connectivity index (χ1v) is 20.9. The highest BCUT2D eigenvalue weighted by molar-refractivity contribution is 6.76. The minimum absolute atomic E-state index is 0.696. The maximum atomic E-state index is 12.9. The van der Waals surface area contributed by atoms with Crippen molar-refractivity contribution in [2.24, 2.45) is 0 Å². The fraction of sp³-hybridized carbons (Fsp3) is 0.737. The zero-order valence-electron chi connectivity index (χ0n) is 37.1. The monoisotopic (exact) mass is 1010 g/mol. The van der Waals surface area contributed by atoms with Crippen LogP contribution in [0.4, 0.5) is 0 Å². The summed E-state index contributed by atoms with van der Waals surface area (Å²) in [6.45, 7) is 9.02. The van der Waals surface area contributed by atoms with Crippen LogP contribution < -0.4 is 5.32 Å². The van der Waals surface area contributed by atoms with Gasteiger partial charge in [0.1, 0.15) is 37.6 Å². The largest absolute Gasteiger partial charge is 0.463 e. The van der Waals surface area contributed by atoms with Crippen LogP contribution in [-0.2, 0) is 109 Å². The Morgan fingerprint density at radius 2 is 0.864 bits per heavy atom. The molecule has 3 rings (SSSR count). The van der Waals surface area contributed by atoms with Crippen LogP contribution in [0.15, 0.2) is 0 Å². The number of hydrogen-bond acceptors (Lipinski definition) is 24. The van der Waals surface area contributed by atoms with Crippen molar-refractivity contribution in [1.82, 2.24) is 5.32 Å². The summed E-state index contributed by atoms with van der Waals surface area (Å²) in [5, 5.41) is 11.0. The third-order valence-corrected chi connectivity index (χ3v) is 9.64. The van der Waals surface area contributed by atoms with Crippen molar-refractivity contribution < 1.29 is 109 Å². The number of carbonyl (C=O) groups excluding carboxylic acids is 9. The predicted octanol–water partition coefficient (Wildman–Crippen LogP) is 0.537. The Labute approximate surface area is 391 Å². The lowest BCUT2D eigenvalue weighted by molar-refractivity contribution is -0.379. The maximum absolute atomic E-state index is 12.9. The van der Waals surface area contributed by atoms with E-state index in [9.17, 15) is 43.2 Å². The van der Waals surface area contributed by atoms with Crippen LogP contribution in [0.3, 0.4) is 0 Å². The zero-order valence-corrected chi connectivity index (χ0v) is 39.4. The Morgan fingerprint density at radius 1 is 0.470 bits per heavy atom. The molecule has 0 aromatic heterocycles. The Kier molecular flexibility index (Phi) is 20.6. The summed E-state index contributed by atoms with van der Waals surface area (Å²) in [5.74, 6) is -9.38. The molecule has 15 atom stereocenters. The first kappa shape index (κ1) is 55.7. The number of nitrogens with one attached hydrogen (secondary N) is 2. The van der Waals surface area contributed by atoms with Gasteiger partial charge in [0.25, 0.3) is 3.79 Å². The Hall–Kier alpha value is -4.63. The van der Waals surface area contributed by atoms with E-state index < -0.39 is 169 Å². The summed E-state index contributed by atoms with van der Waals surface area (Å²) in [7, 11) is 0. The number of esters is 8. The van der Waals surface area contributed by atoms with Gasteiger partial charge in [0.2, 0.25) is 18.1 Å². The lowest BCUT2D eigenvalue weighted by Crippen LogP contribution is -2.70. The molecule has 2 N–H and O–H groups in total. The van der Waals surface area contributed by atoms with E-state index in [-0.39, 0.29) is 0 Å². The second-order valence-corrected chi connectivity index (χ2v) is 17.0. The molecular weight excluding hydrogens is 959 g/mol. The summed E-state index contributed by atoms with van der Waals surface area (Å²) >= 11 is 18.0. The molecular formula is C38H51Cl3N2O23.